The van der Waals surface area contributed by atoms with Crippen LogP contribution in [0, 0.1) is 6.92 Å². The third-order valence-corrected chi connectivity index (χ3v) is 2.90. The number of hydrogen-bond acceptors (Lipinski definition) is 0. The van der Waals surface area contributed by atoms with Crippen molar-refractivity contribution in [2.75, 3.05) is 0 Å². The molecule has 0 amide bonds. The highest BCUT2D eigenvalue weighted by atomic mass is 35.5. The minimum absolute atomic E-state index is 0.781. The van der Waals surface area contributed by atoms with E-state index in [1.54, 1.807) is 0 Å². The third-order valence-electron chi connectivity index (χ3n) is 2.62. The highest BCUT2D eigenvalue weighted by Crippen LogP contribution is 2.31. The van der Waals surface area contributed by atoms with Crippen molar-refractivity contribution in [1.29, 1.82) is 0 Å². The van der Waals surface area contributed by atoms with Gasteiger partial charge in [0.1, 0.15) is 0 Å². The van der Waals surface area contributed by atoms with Crippen molar-refractivity contribution in [2.24, 2.45) is 0 Å². The SMILES string of the molecule is C=CCn1c(C)cc(Cl)c1-c1ccccc1. The fourth-order valence-corrected chi connectivity index (χ4v) is 2.26. The molecule has 2 heteroatoms. The number of allylic oxidation sites excluding steroid dienone is 1. The van der Waals surface area contributed by atoms with Gasteiger partial charge in [-0.05, 0) is 18.6 Å². The lowest BCUT2D eigenvalue weighted by molar-refractivity contribution is 0.807. The van der Waals surface area contributed by atoms with Crippen molar-refractivity contribution in [3.8, 4) is 11.3 Å². The zero-order valence-corrected chi connectivity index (χ0v) is 10.0. The monoisotopic (exact) mass is 231 g/mol. The number of halogens is 1. The summed E-state index contributed by atoms with van der Waals surface area (Å²) < 4.78 is 2.17. The van der Waals surface area contributed by atoms with Crippen LogP contribution in [0.4, 0.5) is 0 Å². The van der Waals surface area contributed by atoms with Gasteiger partial charge in [-0.2, -0.15) is 0 Å². The minimum Gasteiger partial charge on any atom is -0.340 e. The Hall–Kier alpha value is -1.47. The Morgan fingerprint density at radius 3 is 2.62 bits per heavy atom. The van der Waals surface area contributed by atoms with Crippen molar-refractivity contribution in [3.63, 3.8) is 0 Å². The average molecular weight is 232 g/mol. The smallest absolute Gasteiger partial charge is 0.0674 e. The van der Waals surface area contributed by atoms with Gasteiger partial charge >= 0.3 is 0 Å². The lowest BCUT2D eigenvalue weighted by atomic mass is 10.1. The maximum atomic E-state index is 6.27. The van der Waals surface area contributed by atoms with Gasteiger partial charge in [0, 0.05) is 12.2 Å². The predicted octanol–water partition coefficient (Wildman–Crippen LogP) is 4.30. The molecule has 0 N–H and O–H groups in total. The van der Waals surface area contributed by atoms with Gasteiger partial charge in [0.15, 0.2) is 0 Å². The second-order valence-electron chi connectivity index (χ2n) is 3.75. The van der Waals surface area contributed by atoms with Gasteiger partial charge in [-0.3, -0.25) is 0 Å². The Kier molecular flexibility index (Phi) is 3.16. The maximum absolute atomic E-state index is 6.27. The Labute approximate surface area is 101 Å². The van der Waals surface area contributed by atoms with Crippen LogP contribution in [-0.2, 0) is 6.54 Å². The molecule has 0 saturated heterocycles. The van der Waals surface area contributed by atoms with Gasteiger partial charge in [0.2, 0.25) is 0 Å². The van der Waals surface area contributed by atoms with Gasteiger partial charge < -0.3 is 4.57 Å². The number of benzene rings is 1. The van der Waals surface area contributed by atoms with E-state index < -0.39 is 0 Å². The Morgan fingerprint density at radius 1 is 1.31 bits per heavy atom. The highest BCUT2D eigenvalue weighted by molar-refractivity contribution is 6.33. The molecule has 82 valence electrons. The molecule has 0 aliphatic heterocycles. The van der Waals surface area contributed by atoms with Crippen LogP contribution in [0.2, 0.25) is 5.02 Å². The van der Waals surface area contributed by atoms with Gasteiger partial charge in [-0.1, -0.05) is 48.0 Å². The first-order valence-corrected chi connectivity index (χ1v) is 5.63. The molecule has 0 bridgehead atoms. The van der Waals surface area contributed by atoms with Crippen LogP contribution in [0.3, 0.4) is 0 Å². The van der Waals surface area contributed by atoms with Crippen LogP contribution in [0.1, 0.15) is 5.69 Å². The fraction of sp³-hybridized carbons (Fsp3) is 0.143. The van der Waals surface area contributed by atoms with E-state index in [1.807, 2.05) is 30.3 Å². The summed E-state index contributed by atoms with van der Waals surface area (Å²) in [5, 5.41) is 0.797. The maximum Gasteiger partial charge on any atom is 0.0674 e. The van der Waals surface area contributed by atoms with E-state index in [4.69, 9.17) is 11.6 Å². The molecule has 0 fully saturated rings. The second-order valence-corrected chi connectivity index (χ2v) is 4.15. The lowest BCUT2D eigenvalue weighted by Gasteiger charge is -2.09. The topological polar surface area (TPSA) is 4.93 Å². The van der Waals surface area contributed by atoms with Crippen molar-refractivity contribution >= 4 is 11.6 Å². The molecule has 0 aliphatic carbocycles. The van der Waals surface area contributed by atoms with Crippen molar-refractivity contribution < 1.29 is 0 Å². The number of aromatic nitrogens is 1. The molecule has 2 rings (SSSR count). The lowest BCUT2D eigenvalue weighted by Crippen LogP contribution is -1.99. The molecular formula is C14H14ClN. The number of aryl methyl sites for hydroxylation is 1. The molecule has 1 nitrogen and oxygen atoms in total. The van der Waals surface area contributed by atoms with Crippen LogP contribution in [0.15, 0.2) is 49.1 Å². The number of rotatable bonds is 3. The molecule has 16 heavy (non-hydrogen) atoms. The first-order valence-electron chi connectivity index (χ1n) is 5.26. The van der Waals surface area contributed by atoms with E-state index in [0.29, 0.717) is 0 Å². The molecule has 0 unspecified atom stereocenters. The van der Waals surface area contributed by atoms with Crippen LogP contribution in [0.25, 0.3) is 11.3 Å². The Bertz CT molecular complexity index is 497. The third kappa shape index (κ3) is 1.91. The number of hydrogen-bond donors (Lipinski definition) is 0. The van der Waals surface area contributed by atoms with Crippen LogP contribution in [0.5, 0.6) is 0 Å². The van der Waals surface area contributed by atoms with Crippen molar-refractivity contribution in [3.05, 3.63) is 59.8 Å². The summed E-state index contributed by atoms with van der Waals surface area (Å²) in [4.78, 5) is 0. The summed E-state index contributed by atoms with van der Waals surface area (Å²) in [6, 6.07) is 12.2. The molecule has 0 spiro atoms. The summed E-state index contributed by atoms with van der Waals surface area (Å²) in [6.45, 7) is 6.62. The van der Waals surface area contributed by atoms with E-state index >= 15 is 0 Å². The van der Waals surface area contributed by atoms with Crippen LogP contribution < -0.4 is 0 Å². The molecule has 2 aromatic rings. The van der Waals surface area contributed by atoms with E-state index in [1.165, 1.54) is 0 Å². The van der Waals surface area contributed by atoms with E-state index in [0.717, 1.165) is 28.5 Å². The molecule has 1 aromatic heterocycles. The Morgan fingerprint density at radius 2 is 2.00 bits per heavy atom. The van der Waals surface area contributed by atoms with Gasteiger partial charge in [-0.25, -0.2) is 0 Å². The van der Waals surface area contributed by atoms with E-state index in [9.17, 15) is 0 Å². The zero-order valence-electron chi connectivity index (χ0n) is 9.28. The molecule has 0 atom stereocenters. The molecule has 0 saturated carbocycles. The summed E-state index contributed by atoms with van der Waals surface area (Å²) >= 11 is 6.27. The largest absolute Gasteiger partial charge is 0.340 e. The summed E-state index contributed by atoms with van der Waals surface area (Å²) in [7, 11) is 0. The second kappa shape index (κ2) is 4.58. The van der Waals surface area contributed by atoms with Crippen molar-refractivity contribution in [1.82, 2.24) is 4.57 Å². The van der Waals surface area contributed by atoms with Crippen molar-refractivity contribution in [2.45, 2.75) is 13.5 Å². The number of nitrogens with zero attached hydrogens (tertiary/aromatic N) is 1. The van der Waals surface area contributed by atoms with Gasteiger partial charge in [0.05, 0.1) is 10.7 Å². The average Bonchev–Trinajstić information content (AvgIpc) is 2.56. The van der Waals surface area contributed by atoms with Gasteiger partial charge in [0.25, 0.3) is 0 Å². The molecule has 1 aromatic carbocycles. The highest BCUT2D eigenvalue weighted by Gasteiger charge is 2.11. The zero-order chi connectivity index (χ0) is 11.5. The predicted molar refractivity (Wildman–Crippen MR) is 69.8 cm³/mol. The van der Waals surface area contributed by atoms with E-state index in [2.05, 4.69) is 30.2 Å². The molecular weight excluding hydrogens is 218 g/mol. The first kappa shape index (κ1) is 11.0. The van der Waals surface area contributed by atoms with Crippen LogP contribution in [-0.4, -0.2) is 4.57 Å². The van der Waals surface area contributed by atoms with Crippen LogP contribution >= 0.6 is 11.6 Å². The van der Waals surface area contributed by atoms with E-state index in [-0.39, 0.29) is 0 Å². The summed E-state index contributed by atoms with van der Waals surface area (Å²) in [6.07, 6.45) is 1.88. The Balaban J connectivity index is 2.59. The standard InChI is InChI=1S/C14H14ClN/c1-3-9-16-11(2)10-13(15)14(16)12-7-5-4-6-8-12/h3-8,10H,1,9H2,2H3. The first-order chi connectivity index (χ1) is 7.74. The molecule has 1 heterocycles. The normalized spacial score (nSPS) is 10.4. The summed E-state index contributed by atoms with van der Waals surface area (Å²) in [5.74, 6) is 0. The molecule has 0 aliphatic rings. The summed E-state index contributed by atoms with van der Waals surface area (Å²) in [5.41, 5.74) is 3.37. The fourth-order valence-electron chi connectivity index (χ4n) is 1.89. The van der Waals surface area contributed by atoms with Gasteiger partial charge in [-0.15, -0.1) is 6.58 Å². The quantitative estimate of drug-likeness (QED) is 0.694. The molecule has 0 radical (unpaired) electrons. The minimum atomic E-state index is 0.781.